The van der Waals surface area contributed by atoms with E-state index >= 15 is 0 Å². The van der Waals surface area contributed by atoms with Gasteiger partial charge in [0.25, 0.3) is 0 Å². The maximum absolute atomic E-state index is 13.3. The van der Waals surface area contributed by atoms with Crippen molar-refractivity contribution < 1.29 is 4.39 Å². The van der Waals surface area contributed by atoms with Crippen molar-refractivity contribution in [3.8, 4) is 0 Å². The van der Waals surface area contributed by atoms with Gasteiger partial charge < -0.3 is 5.73 Å². The van der Waals surface area contributed by atoms with E-state index in [1.165, 1.54) is 12.1 Å². The molecule has 0 saturated carbocycles. The highest BCUT2D eigenvalue weighted by Gasteiger charge is 2.12. The van der Waals surface area contributed by atoms with Gasteiger partial charge in [-0.05, 0) is 48.2 Å². The van der Waals surface area contributed by atoms with Crippen LogP contribution in [0, 0.1) is 19.7 Å². The zero-order chi connectivity index (χ0) is 12.4. The summed E-state index contributed by atoms with van der Waals surface area (Å²) < 4.78 is 13.3. The van der Waals surface area contributed by atoms with Crippen LogP contribution in [0.5, 0.6) is 0 Å². The molecular formula is C15H16FN. The van der Waals surface area contributed by atoms with Gasteiger partial charge >= 0.3 is 0 Å². The predicted octanol–water partition coefficient (Wildman–Crippen LogP) is 3.49. The van der Waals surface area contributed by atoms with Crippen molar-refractivity contribution in [2.45, 2.75) is 19.9 Å². The number of rotatable bonds is 2. The Morgan fingerprint density at radius 1 is 1.06 bits per heavy atom. The van der Waals surface area contributed by atoms with Crippen LogP contribution >= 0.6 is 0 Å². The first kappa shape index (κ1) is 11.8. The lowest BCUT2D eigenvalue weighted by Crippen LogP contribution is -2.13. The summed E-state index contributed by atoms with van der Waals surface area (Å²) in [7, 11) is 0. The standard InChI is InChI=1S/C15H16FN/c1-10-7-12(9-13(16)8-10)15(17)14-6-4-3-5-11(14)2/h3-9,15H,17H2,1-2H3. The van der Waals surface area contributed by atoms with Crippen molar-refractivity contribution in [2.24, 2.45) is 5.73 Å². The minimum atomic E-state index is -0.273. The molecule has 1 unspecified atom stereocenters. The molecule has 0 spiro atoms. The third-order valence-corrected chi connectivity index (χ3v) is 2.95. The van der Waals surface area contributed by atoms with Crippen LogP contribution in [0.1, 0.15) is 28.3 Å². The molecule has 1 atom stereocenters. The number of aryl methyl sites for hydroxylation is 2. The molecule has 0 heterocycles. The van der Waals surface area contributed by atoms with Crippen molar-refractivity contribution in [2.75, 3.05) is 0 Å². The van der Waals surface area contributed by atoms with Gasteiger partial charge in [0.15, 0.2) is 0 Å². The highest BCUT2D eigenvalue weighted by molar-refractivity contribution is 5.37. The monoisotopic (exact) mass is 229 g/mol. The second-order valence-corrected chi connectivity index (χ2v) is 4.40. The van der Waals surface area contributed by atoms with E-state index in [-0.39, 0.29) is 11.9 Å². The lowest BCUT2D eigenvalue weighted by atomic mass is 9.95. The first-order chi connectivity index (χ1) is 8.08. The lowest BCUT2D eigenvalue weighted by molar-refractivity contribution is 0.622. The fraction of sp³-hybridized carbons (Fsp3) is 0.200. The van der Waals surface area contributed by atoms with E-state index < -0.39 is 0 Å². The molecule has 0 aromatic heterocycles. The maximum Gasteiger partial charge on any atom is 0.123 e. The Morgan fingerprint density at radius 3 is 2.41 bits per heavy atom. The van der Waals surface area contributed by atoms with Crippen molar-refractivity contribution >= 4 is 0 Å². The van der Waals surface area contributed by atoms with Crippen LogP contribution in [0.25, 0.3) is 0 Å². The smallest absolute Gasteiger partial charge is 0.123 e. The summed E-state index contributed by atoms with van der Waals surface area (Å²) in [6.07, 6.45) is 0. The zero-order valence-electron chi connectivity index (χ0n) is 10.1. The van der Waals surface area contributed by atoms with E-state index in [0.717, 1.165) is 22.3 Å². The molecule has 2 aromatic rings. The van der Waals surface area contributed by atoms with Crippen LogP contribution in [0.4, 0.5) is 4.39 Å². The first-order valence-corrected chi connectivity index (χ1v) is 5.66. The Morgan fingerprint density at radius 2 is 1.76 bits per heavy atom. The van der Waals surface area contributed by atoms with Gasteiger partial charge in [-0.3, -0.25) is 0 Å². The summed E-state index contributed by atoms with van der Waals surface area (Å²) in [5.41, 5.74) is 10.1. The topological polar surface area (TPSA) is 26.0 Å². The van der Waals surface area contributed by atoms with E-state index in [9.17, 15) is 4.39 Å². The highest BCUT2D eigenvalue weighted by atomic mass is 19.1. The van der Waals surface area contributed by atoms with Gasteiger partial charge in [-0.1, -0.05) is 30.3 Å². The molecule has 0 fully saturated rings. The number of halogens is 1. The molecule has 0 radical (unpaired) electrons. The Bertz CT molecular complexity index is 514. The summed E-state index contributed by atoms with van der Waals surface area (Å²) >= 11 is 0. The first-order valence-electron chi connectivity index (χ1n) is 5.66. The third kappa shape index (κ3) is 2.53. The van der Waals surface area contributed by atoms with Crippen molar-refractivity contribution in [1.82, 2.24) is 0 Å². The molecule has 2 rings (SSSR count). The number of hydrogen-bond donors (Lipinski definition) is 1. The minimum absolute atomic E-state index is 0.232. The normalized spacial score (nSPS) is 12.5. The molecule has 0 bridgehead atoms. The van der Waals surface area contributed by atoms with Crippen LogP contribution in [0.3, 0.4) is 0 Å². The van der Waals surface area contributed by atoms with E-state index in [1.807, 2.05) is 44.2 Å². The van der Waals surface area contributed by atoms with Crippen molar-refractivity contribution in [3.63, 3.8) is 0 Å². The summed E-state index contributed by atoms with van der Waals surface area (Å²) in [4.78, 5) is 0. The molecule has 1 nitrogen and oxygen atoms in total. The quantitative estimate of drug-likeness (QED) is 0.838. The predicted molar refractivity (Wildman–Crippen MR) is 68.3 cm³/mol. The molecule has 2 aromatic carbocycles. The van der Waals surface area contributed by atoms with Crippen LogP contribution in [0.2, 0.25) is 0 Å². The molecule has 17 heavy (non-hydrogen) atoms. The van der Waals surface area contributed by atoms with Gasteiger partial charge in [0, 0.05) is 0 Å². The van der Waals surface area contributed by atoms with Crippen molar-refractivity contribution in [1.29, 1.82) is 0 Å². The van der Waals surface area contributed by atoms with Gasteiger partial charge in [0.1, 0.15) is 5.82 Å². The molecule has 0 amide bonds. The molecule has 2 N–H and O–H groups in total. The number of nitrogens with two attached hydrogens (primary N) is 1. The van der Waals surface area contributed by atoms with Gasteiger partial charge in [-0.15, -0.1) is 0 Å². The fourth-order valence-electron chi connectivity index (χ4n) is 2.06. The summed E-state index contributed by atoms with van der Waals surface area (Å²) in [5, 5.41) is 0. The van der Waals surface area contributed by atoms with Gasteiger partial charge in [0.05, 0.1) is 6.04 Å². The summed E-state index contributed by atoms with van der Waals surface area (Å²) in [5.74, 6) is -0.232. The molecule has 2 heteroatoms. The van der Waals surface area contributed by atoms with E-state index in [1.54, 1.807) is 0 Å². The molecule has 0 aliphatic rings. The van der Waals surface area contributed by atoms with Gasteiger partial charge in [-0.25, -0.2) is 4.39 Å². The Labute approximate surface area is 101 Å². The fourth-order valence-corrected chi connectivity index (χ4v) is 2.06. The molecular weight excluding hydrogens is 213 g/mol. The summed E-state index contributed by atoms with van der Waals surface area (Å²) in [6.45, 7) is 3.89. The second-order valence-electron chi connectivity index (χ2n) is 4.40. The van der Waals surface area contributed by atoms with Crippen molar-refractivity contribution in [3.05, 3.63) is 70.5 Å². The highest BCUT2D eigenvalue weighted by Crippen LogP contribution is 2.23. The Balaban J connectivity index is 2.43. The minimum Gasteiger partial charge on any atom is -0.320 e. The molecule has 0 saturated heterocycles. The van der Waals surface area contributed by atoms with Gasteiger partial charge in [-0.2, -0.15) is 0 Å². The average Bonchev–Trinajstić information content (AvgIpc) is 2.27. The van der Waals surface area contributed by atoms with E-state index in [0.29, 0.717) is 0 Å². The number of hydrogen-bond acceptors (Lipinski definition) is 1. The van der Waals surface area contributed by atoms with Crippen LogP contribution in [-0.4, -0.2) is 0 Å². The van der Waals surface area contributed by atoms with Gasteiger partial charge in [0.2, 0.25) is 0 Å². The average molecular weight is 229 g/mol. The number of benzene rings is 2. The molecule has 88 valence electrons. The summed E-state index contributed by atoms with van der Waals surface area (Å²) in [6, 6.07) is 12.6. The SMILES string of the molecule is Cc1cc(F)cc(C(N)c2ccccc2C)c1. The molecule has 0 aliphatic heterocycles. The Kier molecular flexibility index (Phi) is 3.25. The van der Waals surface area contributed by atoms with E-state index in [2.05, 4.69) is 0 Å². The van der Waals surface area contributed by atoms with Crippen LogP contribution < -0.4 is 5.73 Å². The Hall–Kier alpha value is -1.67. The maximum atomic E-state index is 13.3. The van der Waals surface area contributed by atoms with E-state index in [4.69, 9.17) is 5.73 Å². The third-order valence-electron chi connectivity index (χ3n) is 2.95. The largest absolute Gasteiger partial charge is 0.320 e. The lowest BCUT2D eigenvalue weighted by Gasteiger charge is -2.15. The zero-order valence-corrected chi connectivity index (χ0v) is 10.1. The van der Waals surface area contributed by atoms with Crippen LogP contribution in [-0.2, 0) is 0 Å². The second kappa shape index (κ2) is 4.68. The van der Waals surface area contributed by atoms with Crippen LogP contribution in [0.15, 0.2) is 42.5 Å². The molecule has 0 aliphatic carbocycles.